The molecule has 7 heteroatoms. The summed E-state index contributed by atoms with van der Waals surface area (Å²) in [4.78, 5) is 24.7. The van der Waals surface area contributed by atoms with E-state index in [1.165, 1.54) is 12.5 Å². The molecule has 152 valence electrons. The first-order chi connectivity index (χ1) is 13.9. The highest BCUT2D eigenvalue weighted by atomic mass is 35.5. The van der Waals surface area contributed by atoms with Gasteiger partial charge < -0.3 is 5.32 Å². The second-order valence-corrected chi connectivity index (χ2v) is 7.99. The van der Waals surface area contributed by atoms with Gasteiger partial charge in [-0.3, -0.25) is 9.59 Å². The van der Waals surface area contributed by atoms with E-state index in [1.54, 1.807) is 19.1 Å². The maximum Gasteiger partial charge on any atom is 0.271 e. The standard InChI is InChI=1S/C22H23Cl2N3O2/c1-14(26-27-22(29)17-10-11-19(23)20(24)13-17)16-8-5-9-18(12-16)25-21(28)15-6-3-2-4-7-15/h5,8-13,15H,2-4,6-7H2,1H3,(H,25,28)(H,27,29)/b26-14-. The Balaban J connectivity index is 1.64. The molecule has 0 bridgehead atoms. The maximum atomic E-state index is 12.5. The number of nitrogens with one attached hydrogen (secondary N) is 2. The first kappa shape index (κ1) is 21.3. The fourth-order valence-electron chi connectivity index (χ4n) is 3.33. The molecular weight excluding hydrogens is 409 g/mol. The number of carbonyl (C=O) groups excluding carboxylic acids is 2. The molecule has 3 rings (SSSR count). The zero-order valence-electron chi connectivity index (χ0n) is 16.2. The van der Waals surface area contributed by atoms with E-state index in [1.807, 2.05) is 24.3 Å². The van der Waals surface area contributed by atoms with E-state index in [2.05, 4.69) is 15.8 Å². The predicted octanol–water partition coefficient (Wildman–Crippen LogP) is 5.67. The van der Waals surface area contributed by atoms with Gasteiger partial charge in [0.15, 0.2) is 0 Å². The van der Waals surface area contributed by atoms with Gasteiger partial charge in [-0.2, -0.15) is 5.10 Å². The molecule has 2 N–H and O–H groups in total. The van der Waals surface area contributed by atoms with Crippen LogP contribution in [-0.4, -0.2) is 17.5 Å². The minimum Gasteiger partial charge on any atom is -0.326 e. The third kappa shape index (κ3) is 5.81. The van der Waals surface area contributed by atoms with Gasteiger partial charge in [0.1, 0.15) is 0 Å². The summed E-state index contributed by atoms with van der Waals surface area (Å²) in [7, 11) is 0. The molecule has 5 nitrogen and oxygen atoms in total. The molecule has 1 aliphatic carbocycles. The highest BCUT2D eigenvalue weighted by molar-refractivity contribution is 6.42. The molecule has 2 amide bonds. The van der Waals surface area contributed by atoms with Crippen LogP contribution in [0.25, 0.3) is 0 Å². The average Bonchev–Trinajstić information content (AvgIpc) is 2.74. The summed E-state index contributed by atoms with van der Waals surface area (Å²) >= 11 is 11.8. The molecule has 0 spiro atoms. The van der Waals surface area contributed by atoms with E-state index in [0.717, 1.165) is 36.9 Å². The van der Waals surface area contributed by atoms with Crippen molar-refractivity contribution in [2.75, 3.05) is 5.32 Å². The van der Waals surface area contributed by atoms with Crippen LogP contribution in [0, 0.1) is 5.92 Å². The molecule has 1 saturated carbocycles. The van der Waals surface area contributed by atoms with Gasteiger partial charge in [-0.1, -0.05) is 54.6 Å². The molecule has 0 radical (unpaired) electrons. The number of benzene rings is 2. The highest BCUT2D eigenvalue weighted by Crippen LogP contribution is 2.25. The maximum absolute atomic E-state index is 12.5. The van der Waals surface area contributed by atoms with Gasteiger partial charge in [0.2, 0.25) is 5.91 Å². The Hall–Kier alpha value is -2.37. The van der Waals surface area contributed by atoms with Gasteiger partial charge in [0, 0.05) is 17.2 Å². The molecule has 2 aromatic carbocycles. The van der Waals surface area contributed by atoms with E-state index in [0.29, 0.717) is 21.3 Å². The number of halogens is 2. The highest BCUT2D eigenvalue weighted by Gasteiger charge is 2.21. The summed E-state index contributed by atoms with van der Waals surface area (Å²) in [6.45, 7) is 1.79. The minimum absolute atomic E-state index is 0.0735. The summed E-state index contributed by atoms with van der Waals surface area (Å²) in [5, 5.41) is 7.85. The van der Waals surface area contributed by atoms with Gasteiger partial charge >= 0.3 is 0 Å². The lowest BCUT2D eigenvalue weighted by Gasteiger charge is -2.20. The molecule has 2 aromatic rings. The summed E-state index contributed by atoms with van der Waals surface area (Å²) in [6, 6.07) is 12.1. The Morgan fingerprint density at radius 1 is 0.966 bits per heavy atom. The average molecular weight is 432 g/mol. The van der Waals surface area contributed by atoms with Crippen molar-refractivity contribution in [1.82, 2.24) is 5.43 Å². The number of rotatable bonds is 5. The molecule has 0 atom stereocenters. The van der Waals surface area contributed by atoms with Crippen molar-refractivity contribution in [2.45, 2.75) is 39.0 Å². The Labute approximate surface area is 180 Å². The summed E-state index contributed by atoms with van der Waals surface area (Å²) in [6.07, 6.45) is 5.34. The van der Waals surface area contributed by atoms with Crippen molar-refractivity contribution in [2.24, 2.45) is 11.0 Å². The van der Waals surface area contributed by atoms with Crippen LogP contribution in [0.5, 0.6) is 0 Å². The number of carbonyl (C=O) groups is 2. The van der Waals surface area contributed by atoms with Crippen LogP contribution in [0.4, 0.5) is 5.69 Å². The number of nitrogens with zero attached hydrogens (tertiary/aromatic N) is 1. The third-order valence-electron chi connectivity index (χ3n) is 5.03. The Kier molecular flexibility index (Phi) is 7.29. The van der Waals surface area contributed by atoms with Crippen LogP contribution < -0.4 is 10.7 Å². The van der Waals surface area contributed by atoms with Crippen LogP contribution in [0.15, 0.2) is 47.6 Å². The minimum atomic E-state index is -0.385. The molecule has 0 heterocycles. The first-order valence-electron chi connectivity index (χ1n) is 9.65. The summed E-state index contributed by atoms with van der Waals surface area (Å²) in [5.74, 6) is -0.221. The number of anilines is 1. The van der Waals surface area contributed by atoms with Gasteiger partial charge in [-0.15, -0.1) is 0 Å². The quantitative estimate of drug-likeness (QED) is 0.472. The lowest BCUT2D eigenvalue weighted by atomic mass is 9.88. The van der Waals surface area contributed by atoms with Gasteiger partial charge in [0.25, 0.3) is 5.91 Å². The van der Waals surface area contributed by atoms with Gasteiger partial charge in [-0.05, 0) is 55.7 Å². The smallest absolute Gasteiger partial charge is 0.271 e. The second-order valence-electron chi connectivity index (χ2n) is 7.17. The molecule has 29 heavy (non-hydrogen) atoms. The Morgan fingerprint density at radius 3 is 2.45 bits per heavy atom. The van der Waals surface area contributed by atoms with Crippen molar-refractivity contribution in [3.8, 4) is 0 Å². The van der Waals surface area contributed by atoms with E-state index in [9.17, 15) is 9.59 Å². The summed E-state index contributed by atoms with van der Waals surface area (Å²) < 4.78 is 0. The van der Waals surface area contributed by atoms with E-state index >= 15 is 0 Å². The summed E-state index contributed by atoms with van der Waals surface area (Å²) in [5.41, 5.74) is 5.03. The van der Waals surface area contributed by atoms with Gasteiger partial charge in [-0.25, -0.2) is 5.43 Å². The zero-order chi connectivity index (χ0) is 20.8. The van der Waals surface area contributed by atoms with Crippen LogP contribution in [0.2, 0.25) is 10.0 Å². The molecule has 0 aliphatic heterocycles. The number of hydrazone groups is 1. The van der Waals surface area contributed by atoms with Crippen LogP contribution >= 0.6 is 23.2 Å². The molecule has 1 aliphatic rings. The number of hydrogen-bond acceptors (Lipinski definition) is 3. The largest absolute Gasteiger partial charge is 0.326 e. The van der Waals surface area contributed by atoms with Crippen LogP contribution in [0.3, 0.4) is 0 Å². The van der Waals surface area contributed by atoms with Crippen molar-refractivity contribution >= 4 is 46.4 Å². The SMILES string of the molecule is C/C(=N/NC(=O)c1ccc(Cl)c(Cl)c1)c1cccc(NC(=O)C2CCCCC2)c1. The molecular formula is C22H23Cl2N3O2. The normalized spacial score (nSPS) is 15.1. The Morgan fingerprint density at radius 2 is 1.72 bits per heavy atom. The number of amides is 2. The Bertz CT molecular complexity index is 937. The zero-order valence-corrected chi connectivity index (χ0v) is 17.7. The first-order valence-corrected chi connectivity index (χ1v) is 10.4. The molecule has 0 aromatic heterocycles. The van der Waals surface area contributed by atoms with Crippen molar-refractivity contribution in [3.05, 3.63) is 63.6 Å². The monoisotopic (exact) mass is 431 g/mol. The fourth-order valence-corrected chi connectivity index (χ4v) is 3.63. The second kappa shape index (κ2) is 9.90. The molecule has 1 fully saturated rings. The lowest BCUT2D eigenvalue weighted by molar-refractivity contribution is -0.120. The van der Waals surface area contributed by atoms with E-state index < -0.39 is 0 Å². The van der Waals surface area contributed by atoms with Crippen LogP contribution in [0.1, 0.15) is 54.9 Å². The molecule has 0 unspecified atom stereocenters. The van der Waals surface area contributed by atoms with Crippen molar-refractivity contribution in [3.63, 3.8) is 0 Å². The van der Waals surface area contributed by atoms with Crippen LogP contribution in [-0.2, 0) is 4.79 Å². The third-order valence-corrected chi connectivity index (χ3v) is 5.77. The van der Waals surface area contributed by atoms with Crippen molar-refractivity contribution in [1.29, 1.82) is 0 Å². The van der Waals surface area contributed by atoms with E-state index in [4.69, 9.17) is 23.2 Å². The fraction of sp³-hybridized carbons (Fsp3) is 0.318. The topological polar surface area (TPSA) is 70.6 Å². The van der Waals surface area contributed by atoms with Gasteiger partial charge in [0.05, 0.1) is 15.8 Å². The predicted molar refractivity (Wildman–Crippen MR) is 118 cm³/mol. The van der Waals surface area contributed by atoms with Crippen molar-refractivity contribution < 1.29 is 9.59 Å². The lowest BCUT2D eigenvalue weighted by Crippen LogP contribution is -2.24. The number of hydrogen-bond donors (Lipinski definition) is 2. The molecule has 0 saturated heterocycles. The van der Waals surface area contributed by atoms with E-state index in [-0.39, 0.29) is 17.7 Å².